The largest absolute Gasteiger partial charge is 0.496 e. The number of carbonyl (C=O) groups excluding carboxylic acids is 1. The zero-order chi connectivity index (χ0) is 13.8. The summed E-state index contributed by atoms with van der Waals surface area (Å²) in [7, 11) is 1.12. The quantitative estimate of drug-likeness (QED) is 0.781. The maximum atomic E-state index is 12.9. The smallest absolute Gasteiger partial charge is 0.421 e. The van der Waals surface area contributed by atoms with Crippen LogP contribution in [-0.2, 0) is 22.1 Å². The molecule has 0 aliphatic heterocycles. The van der Waals surface area contributed by atoms with Gasteiger partial charge in [0, 0.05) is 6.20 Å². The third-order valence-electron chi connectivity index (χ3n) is 2.11. The molecule has 0 spiro atoms. The molecule has 0 unspecified atom stereocenters. The average Bonchev–Trinajstić information content (AvgIpc) is 2.27. The normalized spacial score (nSPS) is 11.2. The van der Waals surface area contributed by atoms with Crippen molar-refractivity contribution >= 4 is 5.97 Å². The first-order chi connectivity index (χ1) is 8.40. The van der Waals surface area contributed by atoms with Gasteiger partial charge < -0.3 is 9.47 Å². The molecule has 18 heavy (non-hydrogen) atoms. The van der Waals surface area contributed by atoms with Crippen LogP contribution in [0.1, 0.15) is 18.2 Å². The van der Waals surface area contributed by atoms with Gasteiger partial charge in [0.1, 0.15) is 11.3 Å². The second kappa shape index (κ2) is 5.70. The third kappa shape index (κ3) is 3.35. The Labute approximate surface area is 102 Å². The van der Waals surface area contributed by atoms with E-state index in [4.69, 9.17) is 0 Å². The predicted octanol–water partition coefficient (Wildman–Crippen LogP) is 2.21. The summed E-state index contributed by atoms with van der Waals surface area (Å²) in [5.74, 6) is -1.12. The Morgan fingerprint density at radius 2 is 2.11 bits per heavy atom. The number of ether oxygens (including phenoxy) is 2. The fraction of sp³-hybridized carbons (Fsp3) is 0.455. The monoisotopic (exact) mass is 263 g/mol. The van der Waals surface area contributed by atoms with E-state index in [-0.39, 0.29) is 12.4 Å². The lowest BCUT2D eigenvalue weighted by Crippen LogP contribution is -2.17. The molecule has 0 aliphatic rings. The van der Waals surface area contributed by atoms with E-state index in [2.05, 4.69) is 14.5 Å². The van der Waals surface area contributed by atoms with Gasteiger partial charge in [-0.15, -0.1) is 0 Å². The van der Waals surface area contributed by atoms with Crippen LogP contribution >= 0.6 is 0 Å². The fourth-order valence-electron chi connectivity index (χ4n) is 1.44. The lowest BCUT2D eigenvalue weighted by Gasteiger charge is -2.15. The van der Waals surface area contributed by atoms with Crippen LogP contribution in [0.2, 0.25) is 0 Å². The zero-order valence-corrected chi connectivity index (χ0v) is 9.87. The van der Waals surface area contributed by atoms with Gasteiger partial charge in [-0.25, -0.2) is 0 Å². The van der Waals surface area contributed by atoms with Gasteiger partial charge in [-0.1, -0.05) is 0 Å². The minimum Gasteiger partial charge on any atom is -0.496 e. The molecule has 1 aromatic heterocycles. The van der Waals surface area contributed by atoms with Gasteiger partial charge in [-0.05, 0) is 13.0 Å². The van der Waals surface area contributed by atoms with Crippen LogP contribution in [0.3, 0.4) is 0 Å². The van der Waals surface area contributed by atoms with Crippen LogP contribution in [-0.4, -0.2) is 24.7 Å². The lowest BCUT2D eigenvalue weighted by molar-refractivity contribution is -0.143. The van der Waals surface area contributed by atoms with Gasteiger partial charge in [0.2, 0.25) is 0 Å². The SMILES string of the molecule is CCOC(=O)Cc1nccc(OC)c1C(F)(F)F. The first kappa shape index (κ1) is 14.3. The molecule has 1 heterocycles. The van der Waals surface area contributed by atoms with E-state index in [1.165, 1.54) is 0 Å². The van der Waals surface area contributed by atoms with E-state index in [0.29, 0.717) is 0 Å². The molecule has 100 valence electrons. The Morgan fingerprint density at radius 1 is 1.44 bits per heavy atom. The number of esters is 1. The van der Waals surface area contributed by atoms with Gasteiger partial charge >= 0.3 is 12.1 Å². The molecule has 1 rings (SSSR count). The molecular weight excluding hydrogens is 251 g/mol. The molecule has 0 saturated heterocycles. The van der Waals surface area contributed by atoms with E-state index in [0.717, 1.165) is 19.4 Å². The van der Waals surface area contributed by atoms with Crippen LogP contribution in [0.15, 0.2) is 12.3 Å². The second-order valence-electron chi connectivity index (χ2n) is 3.31. The highest BCUT2D eigenvalue weighted by Gasteiger charge is 2.38. The predicted molar refractivity (Wildman–Crippen MR) is 56.1 cm³/mol. The van der Waals surface area contributed by atoms with Crippen molar-refractivity contribution in [1.29, 1.82) is 0 Å². The van der Waals surface area contributed by atoms with Crippen molar-refractivity contribution in [3.05, 3.63) is 23.5 Å². The second-order valence-corrected chi connectivity index (χ2v) is 3.31. The number of methoxy groups -OCH3 is 1. The van der Waals surface area contributed by atoms with Crippen LogP contribution in [0.5, 0.6) is 5.75 Å². The minimum atomic E-state index is -4.64. The number of rotatable bonds is 4. The fourth-order valence-corrected chi connectivity index (χ4v) is 1.44. The van der Waals surface area contributed by atoms with E-state index in [1.54, 1.807) is 6.92 Å². The molecule has 0 atom stereocenters. The van der Waals surface area contributed by atoms with Gasteiger partial charge in [-0.3, -0.25) is 9.78 Å². The maximum Gasteiger partial charge on any atom is 0.421 e. The number of pyridine rings is 1. The van der Waals surface area contributed by atoms with Crippen molar-refractivity contribution in [2.45, 2.75) is 19.5 Å². The lowest BCUT2D eigenvalue weighted by atomic mass is 10.1. The molecule has 0 bridgehead atoms. The molecule has 0 amide bonds. The Balaban J connectivity index is 3.15. The number of hydrogen-bond acceptors (Lipinski definition) is 4. The topological polar surface area (TPSA) is 48.4 Å². The van der Waals surface area contributed by atoms with Crippen molar-refractivity contribution in [3.8, 4) is 5.75 Å². The van der Waals surface area contributed by atoms with E-state index >= 15 is 0 Å². The van der Waals surface area contributed by atoms with Crippen molar-refractivity contribution in [2.24, 2.45) is 0 Å². The van der Waals surface area contributed by atoms with Crippen LogP contribution in [0, 0.1) is 0 Å². The number of alkyl halides is 3. The Bertz CT molecular complexity index is 432. The van der Waals surface area contributed by atoms with Gasteiger partial charge in [0.05, 0.1) is 25.8 Å². The number of halogens is 3. The minimum absolute atomic E-state index is 0.101. The summed E-state index contributed by atoms with van der Waals surface area (Å²) in [5, 5.41) is 0. The average molecular weight is 263 g/mol. The summed E-state index contributed by atoms with van der Waals surface area (Å²) in [4.78, 5) is 14.8. The molecule has 0 aliphatic carbocycles. The van der Waals surface area contributed by atoms with E-state index in [1.807, 2.05) is 0 Å². The Morgan fingerprint density at radius 3 is 2.61 bits per heavy atom. The molecule has 0 saturated carbocycles. The molecular formula is C11H12F3NO3. The first-order valence-corrected chi connectivity index (χ1v) is 5.14. The van der Waals surface area contributed by atoms with E-state index in [9.17, 15) is 18.0 Å². The highest BCUT2D eigenvalue weighted by Crippen LogP contribution is 2.37. The van der Waals surface area contributed by atoms with Crippen molar-refractivity contribution < 1.29 is 27.4 Å². The number of aromatic nitrogens is 1. The summed E-state index contributed by atoms with van der Waals surface area (Å²) in [6, 6.07) is 1.09. The highest BCUT2D eigenvalue weighted by atomic mass is 19.4. The van der Waals surface area contributed by atoms with Crippen molar-refractivity contribution in [2.75, 3.05) is 13.7 Å². The Kier molecular flexibility index (Phi) is 4.52. The van der Waals surface area contributed by atoms with Crippen molar-refractivity contribution in [1.82, 2.24) is 4.98 Å². The summed E-state index contributed by atoms with van der Waals surface area (Å²) >= 11 is 0. The third-order valence-corrected chi connectivity index (χ3v) is 2.11. The van der Waals surface area contributed by atoms with Gasteiger partial charge in [0.15, 0.2) is 0 Å². The maximum absolute atomic E-state index is 12.9. The highest BCUT2D eigenvalue weighted by molar-refractivity contribution is 5.72. The number of hydrogen-bond donors (Lipinski definition) is 0. The molecule has 0 aromatic carbocycles. The van der Waals surface area contributed by atoms with Crippen LogP contribution in [0.4, 0.5) is 13.2 Å². The van der Waals surface area contributed by atoms with Gasteiger partial charge in [0.25, 0.3) is 0 Å². The summed E-state index contributed by atoms with van der Waals surface area (Å²) in [6.45, 7) is 1.67. The Hall–Kier alpha value is -1.79. The van der Waals surface area contributed by atoms with Crippen LogP contribution < -0.4 is 4.74 Å². The van der Waals surface area contributed by atoms with Crippen molar-refractivity contribution in [3.63, 3.8) is 0 Å². The first-order valence-electron chi connectivity index (χ1n) is 5.14. The molecule has 1 aromatic rings. The van der Waals surface area contributed by atoms with E-state index < -0.39 is 29.8 Å². The van der Waals surface area contributed by atoms with Crippen LogP contribution in [0.25, 0.3) is 0 Å². The summed E-state index contributed by atoms with van der Waals surface area (Å²) in [6.07, 6.45) is -4.02. The number of nitrogens with zero attached hydrogens (tertiary/aromatic N) is 1. The summed E-state index contributed by atoms with van der Waals surface area (Å²) < 4.78 is 47.8. The van der Waals surface area contributed by atoms with Gasteiger partial charge in [-0.2, -0.15) is 13.2 Å². The standard InChI is InChI=1S/C11H12F3NO3/c1-3-18-9(16)6-7-10(11(12,13)14)8(17-2)4-5-15-7/h4-5H,3,6H2,1-2H3. The molecule has 0 fully saturated rings. The molecule has 0 radical (unpaired) electrons. The molecule has 4 nitrogen and oxygen atoms in total. The molecule has 7 heteroatoms. The number of carbonyl (C=O) groups is 1. The zero-order valence-electron chi connectivity index (χ0n) is 9.87. The molecule has 0 N–H and O–H groups in total. The summed E-state index contributed by atoms with van der Waals surface area (Å²) in [5.41, 5.74) is -1.44.